The van der Waals surface area contributed by atoms with Gasteiger partial charge in [-0.2, -0.15) is 0 Å². The van der Waals surface area contributed by atoms with Crippen LogP contribution >= 0.6 is 0 Å². The summed E-state index contributed by atoms with van der Waals surface area (Å²) in [6.07, 6.45) is 0.238. The monoisotopic (exact) mass is 607 g/mol. The van der Waals surface area contributed by atoms with Crippen molar-refractivity contribution in [3.63, 3.8) is 0 Å². The Balaban J connectivity index is 1.23. The third-order valence-corrected chi connectivity index (χ3v) is 7.92. The molecule has 0 aliphatic heterocycles. The van der Waals surface area contributed by atoms with E-state index in [2.05, 4.69) is 15.1 Å². The number of nitrogens with zero attached hydrogens (tertiary/aromatic N) is 2. The molecule has 1 amide bonds. The van der Waals surface area contributed by atoms with Gasteiger partial charge in [0.15, 0.2) is 11.5 Å². The molecule has 5 rings (SSSR count). The van der Waals surface area contributed by atoms with Crippen LogP contribution in [-0.4, -0.2) is 39.8 Å². The number of rotatable bonds is 12. The fourth-order valence-electron chi connectivity index (χ4n) is 4.08. The second-order valence-corrected chi connectivity index (χ2v) is 10.9. The summed E-state index contributed by atoms with van der Waals surface area (Å²) in [4.78, 5) is 24.9. The lowest BCUT2D eigenvalue weighted by molar-refractivity contribution is -0.832. The molecule has 0 radical (unpaired) electrons. The van der Waals surface area contributed by atoms with E-state index in [4.69, 9.17) is 18.6 Å². The lowest BCUT2D eigenvalue weighted by Crippen LogP contribution is -2.31. The van der Waals surface area contributed by atoms with Gasteiger partial charge in [-0.25, -0.2) is 13.2 Å². The van der Waals surface area contributed by atoms with Crippen LogP contribution < -0.4 is 30.1 Å². The summed E-state index contributed by atoms with van der Waals surface area (Å²) in [5.41, 5.74) is 0.0851. The van der Waals surface area contributed by atoms with Crippen LogP contribution in [0.15, 0.2) is 103 Å². The van der Waals surface area contributed by atoms with E-state index < -0.39 is 32.3 Å². The SMILES string of the molecule is COc1cc2cc(C(=O)NCc3ccccc3)c(=O)oc2cc1OCCCOc1no[n+]([O-])c1S(=O)(=O)c1ccccc1. The summed E-state index contributed by atoms with van der Waals surface area (Å²) in [7, 11) is -2.81. The number of methoxy groups -OCH3 is 1. The van der Waals surface area contributed by atoms with Gasteiger partial charge in [-0.15, -0.1) is 0 Å². The van der Waals surface area contributed by atoms with E-state index >= 15 is 0 Å². The Morgan fingerprint density at radius 3 is 2.40 bits per heavy atom. The highest BCUT2D eigenvalue weighted by Crippen LogP contribution is 2.32. The number of hydrogen-bond donors (Lipinski definition) is 1. The van der Waals surface area contributed by atoms with Gasteiger partial charge in [-0.3, -0.25) is 9.42 Å². The van der Waals surface area contributed by atoms with E-state index in [1.807, 2.05) is 30.3 Å². The van der Waals surface area contributed by atoms with Gasteiger partial charge in [0.2, 0.25) is 0 Å². The van der Waals surface area contributed by atoms with Crippen molar-refractivity contribution in [1.29, 1.82) is 0 Å². The van der Waals surface area contributed by atoms with Gasteiger partial charge in [0, 0.05) is 24.4 Å². The van der Waals surface area contributed by atoms with E-state index in [0.717, 1.165) is 5.56 Å². The van der Waals surface area contributed by atoms with Gasteiger partial charge in [-0.05, 0) is 34.7 Å². The number of carbonyl (C=O) groups excluding carboxylic acids is 1. The first-order valence-electron chi connectivity index (χ1n) is 12.9. The van der Waals surface area contributed by atoms with Gasteiger partial charge in [0.05, 0.1) is 30.4 Å². The summed E-state index contributed by atoms with van der Waals surface area (Å²) in [5.74, 6) is -0.482. The highest BCUT2D eigenvalue weighted by atomic mass is 32.2. The Hall–Kier alpha value is -5.37. The molecule has 1 N–H and O–H groups in total. The van der Waals surface area contributed by atoms with Gasteiger partial charge < -0.3 is 29.2 Å². The Morgan fingerprint density at radius 1 is 0.977 bits per heavy atom. The van der Waals surface area contributed by atoms with Crippen molar-refractivity contribution in [3.8, 4) is 17.4 Å². The minimum Gasteiger partial charge on any atom is -0.493 e. The van der Waals surface area contributed by atoms with E-state index in [9.17, 15) is 23.2 Å². The molecular formula is C29H25N3O10S. The molecule has 3 aromatic carbocycles. The van der Waals surface area contributed by atoms with E-state index in [1.54, 1.807) is 12.1 Å². The van der Waals surface area contributed by atoms with Gasteiger partial charge in [0.25, 0.3) is 15.7 Å². The fourth-order valence-corrected chi connectivity index (χ4v) is 5.38. The summed E-state index contributed by atoms with van der Waals surface area (Å²) in [5, 5.41) is 17.8. The molecule has 0 bridgehead atoms. The smallest absolute Gasteiger partial charge is 0.414 e. The average Bonchev–Trinajstić information content (AvgIpc) is 3.40. The maximum absolute atomic E-state index is 12.9. The van der Waals surface area contributed by atoms with E-state index in [-0.39, 0.29) is 52.9 Å². The normalized spacial score (nSPS) is 11.3. The molecule has 0 fully saturated rings. The molecule has 2 heterocycles. The van der Waals surface area contributed by atoms with Crippen LogP contribution in [0.5, 0.6) is 17.4 Å². The number of ether oxygens (including phenoxy) is 3. The zero-order valence-corrected chi connectivity index (χ0v) is 23.5. The lowest BCUT2D eigenvalue weighted by atomic mass is 10.1. The molecule has 13 nitrogen and oxygen atoms in total. The zero-order valence-electron chi connectivity index (χ0n) is 22.7. The molecular weight excluding hydrogens is 582 g/mol. The number of carbonyl (C=O) groups is 1. The molecule has 5 aromatic rings. The van der Waals surface area contributed by atoms with Gasteiger partial charge in [0.1, 0.15) is 11.1 Å². The van der Waals surface area contributed by atoms with Crippen LogP contribution in [0.4, 0.5) is 0 Å². The van der Waals surface area contributed by atoms with Gasteiger partial charge >= 0.3 is 16.5 Å². The molecule has 43 heavy (non-hydrogen) atoms. The van der Waals surface area contributed by atoms with Crippen LogP contribution in [0.2, 0.25) is 0 Å². The molecule has 0 unspecified atom stereocenters. The summed E-state index contributed by atoms with van der Waals surface area (Å²) >= 11 is 0. The highest BCUT2D eigenvalue weighted by molar-refractivity contribution is 7.91. The van der Waals surface area contributed by atoms with Crippen molar-refractivity contribution in [2.75, 3.05) is 20.3 Å². The van der Waals surface area contributed by atoms with Crippen molar-refractivity contribution in [2.24, 2.45) is 0 Å². The molecule has 0 saturated heterocycles. The second-order valence-electron chi connectivity index (χ2n) is 9.06. The molecule has 14 heteroatoms. The molecule has 2 aromatic heterocycles. The second kappa shape index (κ2) is 12.7. The maximum Gasteiger partial charge on any atom is 0.414 e. The minimum atomic E-state index is -4.24. The number of hydrogen-bond acceptors (Lipinski definition) is 11. The number of aromatic nitrogens is 2. The van der Waals surface area contributed by atoms with Crippen molar-refractivity contribution in [1.82, 2.24) is 10.5 Å². The summed E-state index contributed by atoms with van der Waals surface area (Å²) in [6.45, 7) is 0.243. The fraction of sp³-hybridized carbons (Fsp3) is 0.172. The number of amides is 1. The predicted molar refractivity (Wildman–Crippen MR) is 150 cm³/mol. The van der Waals surface area contributed by atoms with Crippen LogP contribution in [-0.2, 0) is 16.4 Å². The third-order valence-electron chi connectivity index (χ3n) is 6.20. The molecule has 0 aliphatic carbocycles. The number of fused-ring (bicyclic) bond motifs is 1. The molecule has 0 saturated carbocycles. The topological polar surface area (TPSA) is 174 Å². The minimum absolute atomic E-state index is 0.0715. The Morgan fingerprint density at radius 2 is 1.67 bits per heavy atom. The largest absolute Gasteiger partial charge is 0.493 e. The zero-order chi connectivity index (χ0) is 30.4. The standard InChI is InChI=1S/C29H25N3O10S/c1-38-24-16-20-15-22(26(33)30-18-19-9-4-2-5-10-19)29(34)41-23(20)17-25(24)39-13-8-14-40-27-28(32(35)42-31-27)43(36,37)21-11-6-3-7-12-21/h2-7,9-12,15-17H,8,13-14,18H2,1H3,(H,30,33). The molecule has 222 valence electrons. The third kappa shape index (κ3) is 6.43. The molecule has 0 aliphatic rings. The predicted octanol–water partition coefficient (Wildman–Crippen LogP) is 3.03. The first kappa shape index (κ1) is 29.1. The van der Waals surface area contributed by atoms with Crippen LogP contribution in [0.3, 0.4) is 0 Å². The van der Waals surface area contributed by atoms with Crippen molar-refractivity contribution in [3.05, 3.63) is 106 Å². The van der Waals surface area contributed by atoms with Crippen molar-refractivity contribution in [2.45, 2.75) is 22.9 Å². The van der Waals surface area contributed by atoms with Crippen LogP contribution in [0.1, 0.15) is 22.3 Å². The van der Waals surface area contributed by atoms with Crippen molar-refractivity contribution < 1.29 is 41.4 Å². The van der Waals surface area contributed by atoms with Crippen LogP contribution in [0, 0.1) is 5.21 Å². The first-order valence-corrected chi connectivity index (χ1v) is 14.4. The molecule has 0 atom stereocenters. The molecule has 0 spiro atoms. The summed E-state index contributed by atoms with van der Waals surface area (Å²) in [6, 6.07) is 21.1. The number of benzene rings is 3. The first-order chi connectivity index (χ1) is 20.8. The van der Waals surface area contributed by atoms with E-state index in [0.29, 0.717) is 11.1 Å². The van der Waals surface area contributed by atoms with E-state index in [1.165, 1.54) is 43.5 Å². The quantitative estimate of drug-likeness (QED) is 0.125. The number of nitrogens with one attached hydrogen (secondary N) is 1. The van der Waals surface area contributed by atoms with Crippen LogP contribution in [0.25, 0.3) is 11.0 Å². The maximum atomic E-state index is 12.9. The van der Waals surface area contributed by atoms with Gasteiger partial charge in [-0.1, -0.05) is 48.5 Å². The Labute approximate surface area is 244 Å². The average molecular weight is 608 g/mol. The Kier molecular flexibility index (Phi) is 8.57. The van der Waals surface area contributed by atoms with Crippen molar-refractivity contribution >= 4 is 26.7 Å². The Bertz CT molecular complexity index is 1910. The highest BCUT2D eigenvalue weighted by Gasteiger charge is 2.35. The lowest BCUT2D eigenvalue weighted by Gasteiger charge is -2.12. The number of sulfone groups is 1. The summed E-state index contributed by atoms with van der Waals surface area (Å²) < 4.78 is 52.2.